The summed E-state index contributed by atoms with van der Waals surface area (Å²) in [4.78, 5) is 0. The molecule has 18 heavy (non-hydrogen) atoms. The van der Waals surface area contributed by atoms with Crippen molar-refractivity contribution in [3.8, 4) is 5.75 Å². The number of benzene rings is 2. The molecule has 2 aromatic rings. The molecule has 1 atom stereocenters. The van der Waals surface area contributed by atoms with E-state index in [-0.39, 0.29) is 6.04 Å². The van der Waals surface area contributed by atoms with E-state index in [1.54, 1.807) is 12.1 Å². The van der Waals surface area contributed by atoms with Gasteiger partial charge in [-0.2, -0.15) is 0 Å². The molecule has 0 bridgehead atoms. The smallest absolute Gasteiger partial charge is 0.119 e. The Hall–Kier alpha value is -1.22. The molecular formula is C14H13Cl2NO. The van der Waals surface area contributed by atoms with Crippen LogP contribution in [0.5, 0.6) is 5.75 Å². The Kier molecular flexibility index (Phi) is 4.48. The fourth-order valence-electron chi connectivity index (χ4n) is 1.59. The summed E-state index contributed by atoms with van der Waals surface area (Å²) in [5.41, 5.74) is 6.87. The minimum Gasteiger partial charge on any atom is -0.492 e. The highest BCUT2D eigenvalue weighted by molar-refractivity contribution is 6.35. The Balaban J connectivity index is 2.01. The fourth-order valence-corrected chi connectivity index (χ4v) is 2.14. The summed E-state index contributed by atoms with van der Waals surface area (Å²) in [6.45, 7) is 0.366. The first-order valence-electron chi connectivity index (χ1n) is 5.55. The van der Waals surface area contributed by atoms with Crippen molar-refractivity contribution in [2.75, 3.05) is 6.61 Å². The molecule has 0 saturated heterocycles. The predicted molar refractivity (Wildman–Crippen MR) is 75.3 cm³/mol. The summed E-state index contributed by atoms with van der Waals surface area (Å²) < 4.78 is 5.59. The molecule has 0 spiro atoms. The number of para-hydroxylation sites is 1. The van der Waals surface area contributed by atoms with Crippen LogP contribution in [0, 0.1) is 0 Å². The molecule has 0 amide bonds. The second-order valence-electron chi connectivity index (χ2n) is 3.90. The second kappa shape index (κ2) is 6.10. The summed E-state index contributed by atoms with van der Waals surface area (Å²) >= 11 is 11.9. The highest BCUT2D eigenvalue weighted by Crippen LogP contribution is 2.25. The quantitative estimate of drug-likeness (QED) is 0.917. The van der Waals surface area contributed by atoms with Gasteiger partial charge in [0.05, 0.1) is 6.04 Å². The number of nitrogens with two attached hydrogens (primary N) is 1. The average molecular weight is 282 g/mol. The monoisotopic (exact) mass is 281 g/mol. The van der Waals surface area contributed by atoms with Crippen molar-refractivity contribution in [1.82, 2.24) is 0 Å². The first-order chi connectivity index (χ1) is 8.66. The lowest BCUT2D eigenvalue weighted by molar-refractivity contribution is 0.291. The number of rotatable bonds is 4. The SMILES string of the molecule is NC(COc1ccccc1)c1ccc(Cl)cc1Cl. The van der Waals surface area contributed by atoms with E-state index < -0.39 is 0 Å². The summed E-state index contributed by atoms with van der Waals surface area (Å²) in [6.07, 6.45) is 0. The maximum absolute atomic E-state index is 6.09. The van der Waals surface area contributed by atoms with Gasteiger partial charge in [0.25, 0.3) is 0 Å². The number of halogens is 2. The lowest BCUT2D eigenvalue weighted by Gasteiger charge is -2.15. The van der Waals surface area contributed by atoms with Crippen LogP contribution in [0.15, 0.2) is 48.5 Å². The number of hydrogen-bond acceptors (Lipinski definition) is 2. The van der Waals surface area contributed by atoms with Crippen LogP contribution in [-0.2, 0) is 0 Å². The van der Waals surface area contributed by atoms with E-state index in [1.165, 1.54) is 0 Å². The van der Waals surface area contributed by atoms with Crippen LogP contribution < -0.4 is 10.5 Å². The molecule has 0 aliphatic heterocycles. The van der Waals surface area contributed by atoms with Gasteiger partial charge in [-0.3, -0.25) is 0 Å². The molecule has 2 aromatic carbocycles. The van der Waals surface area contributed by atoms with Gasteiger partial charge in [0.15, 0.2) is 0 Å². The molecule has 1 unspecified atom stereocenters. The number of ether oxygens (including phenoxy) is 1. The van der Waals surface area contributed by atoms with E-state index in [2.05, 4.69) is 0 Å². The number of hydrogen-bond donors (Lipinski definition) is 1. The van der Waals surface area contributed by atoms with Gasteiger partial charge in [-0.1, -0.05) is 47.5 Å². The zero-order chi connectivity index (χ0) is 13.0. The van der Waals surface area contributed by atoms with E-state index in [1.807, 2.05) is 36.4 Å². The van der Waals surface area contributed by atoms with Crippen LogP contribution in [0.1, 0.15) is 11.6 Å². The molecule has 0 saturated carbocycles. The summed E-state index contributed by atoms with van der Waals surface area (Å²) in [6, 6.07) is 14.5. The molecule has 0 heterocycles. The van der Waals surface area contributed by atoms with Crippen LogP contribution in [0.25, 0.3) is 0 Å². The maximum atomic E-state index is 6.09. The molecular weight excluding hydrogens is 269 g/mol. The third-order valence-corrected chi connectivity index (χ3v) is 3.10. The highest BCUT2D eigenvalue weighted by Gasteiger charge is 2.11. The lowest BCUT2D eigenvalue weighted by atomic mass is 10.1. The van der Waals surface area contributed by atoms with Crippen molar-refractivity contribution in [2.24, 2.45) is 5.73 Å². The highest BCUT2D eigenvalue weighted by atomic mass is 35.5. The molecule has 0 aliphatic carbocycles. The van der Waals surface area contributed by atoms with Gasteiger partial charge in [0.2, 0.25) is 0 Å². The van der Waals surface area contributed by atoms with Crippen molar-refractivity contribution in [1.29, 1.82) is 0 Å². The standard InChI is InChI=1S/C14H13Cl2NO/c15-10-6-7-12(13(16)8-10)14(17)9-18-11-4-2-1-3-5-11/h1-8,14H,9,17H2. The van der Waals surface area contributed by atoms with Crippen molar-refractivity contribution < 1.29 is 4.74 Å². The van der Waals surface area contributed by atoms with Crippen molar-refractivity contribution in [3.63, 3.8) is 0 Å². The van der Waals surface area contributed by atoms with Crippen molar-refractivity contribution >= 4 is 23.2 Å². The van der Waals surface area contributed by atoms with Crippen LogP contribution in [0.3, 0.4) is 0 Å². The van der Waals surface area contributed by atoms with Gasteiger partial charge in [-0.05, 0) is 29.8 Å². The Morgan fingerprint density at radius 1 is 1.06 bits per heavy atom. The fraction of sp³-hybridized carbons (Fsp3) is 0.143. The summed E-state index contributed by atoms with van der Waals surface area (Å²) in [5.74, 6) is 0.790. The Morgan fingerprint density at radius 2 is 1.78 bits per heavy atom. The maximum Gasteiger partial charge on any atom is 0.119 e. The largest absolute Gasteiger partial charge is 0.492 e. The van der Waals surface area contributed by atoms with Gasteiger partial charge in [-0.15, -0.1) is 0 Å². The summed E-state index contributed by atoms with van der Waals surface area (Å²) in [7, 11) is 0. The van der Waals surface area contributed by atoms with Crippen LogP contribution in [0.2, 0.25) is 10.0 Å². The van der Waals surface area contributed by atoms with E-state index in [0.717, 1.165) is 11.3 Å². The van der Waals surface area contributed by atoms with Gasteiger partial charge in [0, 0.05) is 10.0 Å². The van der Waals surface area contributed by atoms with Gasteiger partial charge < -0.3 is 10.5 Å². The first kappa shape index (κ1) is 13.2. The molecule has 0 radical (unpaired) electrons. The molecule has 2 rings (SSSR count). The third kappa shape index (κ3) is 3.39. The molecule has 0 fully saturated rings. The van der Waals surface area contributed by atoms with E-state index in [4.69, 9.17) is 33.7 Å². The Labute approximate surface area is 116 Å². The molecule has 0 aromatic heterocycles. The third-order valence-electron chi connectivity index (χ3n) is 2.53. The van der Waals surface area contributed by atoms with Gasteiger partial charge in [-0.25, -0.2) is 0 Å². The second-order valence-corrected chi connectivity index (χ2v) is 4.74. The van der Waals surface area contributed by atoms with Crippen LogP contribution in [0.4, 0.5) is 0 Å². The minimum atomic E-state index is -0.282. The zero-order valence-corrected chi connectivity index (χ0v) is 11.2. The van der Waals surface area contributed by atoms with E-state index >= 15 is 0 Å². The van der Waals surface area contributed by atoms with E-state index in [9.17, 15) is 0 Å². The van der Waals surface area contributed by atoms with Crippen molar-refractivity contribution in [3.05, 3.63) is 64.1 Å². The lowest BCUT2D eigenvalue weighted by Crippen LogP contribution is -2.19. The first-order valence-corrected chi connectivity index (χ1v) is 6.31. The predicted octanol–water partition coefficient (Wildman–Crippen LogP) is 4.07. The van der Waals surface area contributed by atoms with Crippen LogP contribution in [-0.4, -0.2) is 6.61 Å². The van der Waals surface area contributed by atoms with Crippen LogP contribution >= 0.6 is 23.2 Å². The molecule has 94 valence electrons. The Bertz CT molecular complexity index is 516. The van der Waals surface area contributed by atoms with E-state index in [0.29, 0.717) is 16.7 Å². The molecule has 4 heteroatoms. The molecule has 0 aliphatic rings. The van der Waals surface area contributed by atoms with Crippen molar-refractivity contribution in [2.45, 2.75) is 6.04 Å². The average Bonchev–Trinajstić information content (AvgIpc) is 2.37. The molecule has 2 nitrogen and oxygen atoms in total. The summed E-state index contributed by atoms with van der Waals surface area (Å²) in [5, 5.41) is 1.16. The van der Waals surface area contributed by atoms with Gasteiger partial charge >= 0.3 is 0 Å². The zero-order valence-electron chi connectivity index (χ0n) is 9.64. The topological polar surface area (TPSA) is 35.2 Å². The normalized spacial score (nSPS) is 12.2. The Morgan fingerprint density at radius 3 is 2.44 bits per heavy atom. The molecule has 2 N–H and O–H groups in total. The minimum absolute atomic E-state index is 0.282. The van der Waals surface area contributed by atoms with Gasteiger partial charge in [0.1, 0.15) is 12.4 Å².